The molecule has 0 saturated carbocycles. The Morgan fingerprint density at radius 3 is 2.36 bits per heavy atom. The molecule has 0 aromatic heterocycles. The third-order valence-corrected chi connectivity index (χ3v) is 2.70. The van der Waals surface area contributed by atoms with Crippen LogP contribution in [-0.2, 0) is 14.3 Å². The number of ether oxygens (including phenoxy) is 1. The summed E-state index contributed by atoms with van der Waals surface area (Å²) in [6, 6.07) is 0. The second-order valence-corrected chi connectivity index (χ2v) is 3.50. The van der Waals surface area contributed by atoms with E-state index in [0.717, 1.165) is 0 Å². The summed E-state index contributed by atoms with van der Waals surface area (Å²) in [7, 11) is 0. The van der Waals surface area contributed by atoms with Crippen LogP contribution in [0.2, 0.25) is 0 Å². The summed E-state index contributed by atoms with van der Waals surface area (Å²) < 4.78 is 4.88. The summed E-state index contributed by atoms with van der Waals surface area (Å²) in [5.41, 5.74) is -1.10. The standard InChI is InChI=1S/C11H18O3/c1-6-8(3)11(5,9(4)12)10(13)14-7-2/h6,8H,1,7H2,2-5H3. The minimum atomic E-state index is -1.10. The molecule has 0 N–H and O–H groups in total. The van der Waals surface area contributed by atoms with Crippen LogP contribution in [0, 0.1) is 11.3 Å². The van der Waals surface area contributed by atoms with E-state index in [1.54, 1.807) is 26.8 Å². The Balaban J connectivity index is 4.99. The zero-order valence-corrected chi connectivity index (χ0v) is 9.29. The van der Waals surface area contributed by atoms with Crippen LogP contribution in [0.5, 0.6) is 0 Å². The third kappa shape index (κ3) is 2.22. The molecule has 0 rings (SSSR count). The van der Waals surface area contributed by atoms with Crippen LogP contribution in [0.1, 0.15) is 27.7 Å². The number of Topliss-reactive ketones (excluding diaryl/α,β-unsaturated/α-hetero) is 1. The number of ketones is 1. The molecule has 0 spiro atoms. The van der Waals surface area contributed by atoms with Crippen molar-refractivity contribution < 1.29 is 14.3 Å². The Labute approximate surface area is 85.1 Å². The number of esters is 1. The van der Waals surface area contributed by atoms with Gasteiger partial charge >= 0.3 is 5.97 Å². The van der Waals surface area contributed by atoms with Crippen LogP contribution in [0.3, 0.4) is 0 Å². The van der Waals surface area contributed by atoms with Crippen molar-refractivity contribution in [3.8, 4) is 0 Å². The minimum Gasteiger partial charge on any atom is -0.465 e. The van der Waals surface area contributed by atoms with Gasteiger partial charge in [-0.2, -0.15) is 0 Å². The second kappa shape index (κ2) is 4.94. The van der Waals surface area contributed by atoms with Gasteiger partial charge in [-0.25, -0.2) is 0 Å². The monoisotopic (exact) mass is 198 g/mol. The van der Waals surface area contributed by atoms with Crippen LogP contribution in [0.15, 0.2) is 12.7 Å². The van der Waals surface area contributed by atoms with Gasteiger partial charge in [-0.1, -0.05) is 13.0 Å². The van der Waals surface area contributed by atoms with Crippen molar-refractivity contribution in [3.05, 3.63) is 12.7 Å². The molecule has 0 fully saturated rings. The Morgan fingerprint density at radius 1 is 1.57 bits per heavy atom. The first-order chi connectivity index (χ1) is 6.41. The van der Waals surface area contributed by atoms with Gasteiger partial charge in [0.1, 0.15) is 11.2 Å². The second-order valence-electron chi connectivity index (χ2n) is 3.50. The molecule has 0 aromatic carbocycles. The largest absolute Gasteiger partial charge is 0.465 e. The molecular weight excluding hydrogens is 180 g/mol. The Bertz CT molecular complexity index is 245. The zero-order valence-electron chi connectivity index (χ0n) is 9.29. The third-order valence-electron chi connectivity index (χ3n) is 2.70. The molecule has 80 valence electrons. The van der Waals surface area contributed by atoms with Gasteiger partial charge in [0, 0.05) is 0 Å². The molecule has 0 bridgehead atoms. The number of hydrogen-bond donors (Lipinski definition) is 0. The van der Waals surface area contributed by atoms with Crippen LogP contribution in [0.25, 0.3) is 0 Å². The van der Waals surface area contributed by atoms with Crippen molar-refractivity contribution in [1.82, 2.24) is 0 Å². The molecule has 3 heteroatoms. The molecule has 0 aliphatic carbocycles. The predicted octanol–water partition coefficient (Wildman–Crippen LogP) is 1.97. The number of carbonyl (C=O) groups excluding carboxylic acids is 2. The van der Waals surface area contributed by atoms with Crippen LogP contribution in [0.4, 0.5) is 0 Å². The van der Waals surface area contributed by atoms with Gasteiger partial charge in [0.2, 0.25) is 0 Å². The summed E-state index contributed by atoms with van der Waals surface area (Å²) >= 11 is 0. The predicted molar refractivity (Wildman–Crippen MR) is 54.8 cm³/mol. The molecule has 0 heterocycles. The molecule has 2 unspecified atom stereocenters. The van der Waals surface area contributed by atoms with Crippen molar-refractivity contribution in [1.29, 1.82) is 0 Å². The minimum absolute atomic E-state index is 0.191. The summed E-state index contributed by atoms with van der Waals surface area (Å²) in [6.45, 7) is 10.4. The molecule has 0 radical (unpaired) electrons. The molecule has 0 amide bonds. The highest BCUT2D eigenvalue weighted by Gasteiger charge is 2.43. The molecule has 0 aliphatic heterocycles. The van der Waals surface area contributed by atoms with E-state index in [1.807, 2.05) is 0 Å². The molecule has 2 atom stereocenters. The first kappa shape index (κ1) is 12.9. The quantitative estimate of drug-likeness (QED) is 0.385. The fourth-order valence-corrected chi connectivity index (χ4v) is 1.17. The normalized spacial score (nSPS) is 16.6. The average Bonchev–Trinajstić information content (AvgIpc) is 2.15. The SMILES string of the molecule is C=CC(C)C(C)(C(C)=O)C(=O)OCC. The van der Waals surface area contributed by atoms with Gasteiger partial charge in [0.25, 0.3) is 0 Å². The maximum Gasteiger partial charge on any atom is 0.319 e. The number of carbonyl (C=O) groups is 2. The molecule has 14 heavy (non-hydrogen) atoms. The Kier molecular flexibility index (Phi) is 4.54. The lowest BCUT2D eigenvalue weighted by molar-refractivity contribution is -0.160. The van der Waals surface area contributed by atoms with Crippen LogP contribution < -0.4 is 0 Å². The lowest BCUT2D eigenvalue weighted by Gasteiger charge is -2.28. The van der Waals surface area contributed by atoms with E-state index >= 15 is 0 Å². The van der Waals surface area contributed by atoms with Gasteiger partial charge in [0.15, 0.2) is 0 Å². The van der Waals surface area contributed by atoms with E-state index in [4.69, 9.17) is 4.74 Å². The molecule has 3 nitrogen and oxygen atoms in total. The smallest absolute Gasteiger partial charge is 0.319 e. The van der Waals surface area contributed by atoms with Crippen molar-refractivity contribution in [2.45, 2.75) is 27.7 Å². The topological polar surface area (TPSA) is 43.4 Å². The highest BCUT2D eigenvalue weighted by molar-refractivity contribution is 6.02. The molecular formula is C11H18O3. The van der Waals surface area contributed by atoms with E-state index in [0.29, 0.717) is 0 Å². The van der Waals surface area contributed by atoms with E-state index in [-0.39, 0.29) is 18.3 Å². The van der Waals surface area contributed by atoms with Crippen molar-refractivity contribution >= 4 is 11.8 Å². The lowest BCUT2D eigenvalue weighted by atomic mass is 9.75. The highest BCUT2D eigenvalue weighted by Crippen LogP contribution is 2.30. The van der Waals surface area contributed by atoms with Crippen LogP contribution >= 0.6 is 0 Å². The van der Waals surface area contributed by atoms with E-state index in [1.165, 1.54) is 6.92 Å². The zero-order chi connectivity index (χ0) is 11.4. The van der Waals surface area contributed by atoms with Crippen molar-refractivity contribution in [2.24, 2.45) is 11.3 Å². The van der Waals surface area contributed by atoms with Crippen molar-refractivity contribution in [3.63, 3.8) is 0 Å². The van der Waals surface area contributed by atoms with Gasteiger partial charge in [-0.3, -0.25) is 9.59 Å². The Morgan fingerprint density at radius 2 is 2.07 bits per heavy atom. The summed E-state index contributed by atoms with van der Waals surface area (Å²) in [5, 5.41) is 0. The van der Waals surface area contributed by atoms with Crippen molar-refractivity contribution in [2.75, 3.05) is 6.61 Å². The maximum atomic E-state index is 11.6. The molecule has 0 aromatic rings. The fraction of sp³-hybridized carbons (Fsp3) is 0.636. The average molecular weight is 198 g/mol. The van der Waals surface area contributed by atoms with E-state index in [2.05, 4.69) is 6.58 Å². The van der Waals surface area contributed by atoms with Gasteiger partial charge in [-0.05, 0) is 26.7 Å². The van der Waals surface area contributed by atoms with E-state index in [9.17, 15) is 9.59 Å². The van der Waals surface area contributed by atoms with Gasteiger partial charge < -0.3 is 4.74 Å². The number of rotatable bonds is 5. The summed E-state index contributed by atoms with van der Waals surface area (Å²) in [5.74, 6) is -0.887. The summed E-state index contributed by atoms with van der Waals surface area (Å²) in [6.07, 6.45) is 1.60. The summed E-state index contributed by atoms with van der Waals surface area (Å²) in [4.78, 5) is 23.0. The molecule has 0 saturated heterocycles. The number of hydrogen-bond acceptors (Lipinski definition) is 3. The van der Waals surface area contributed by atoms with Gasteiger partial charge in [0.05, 0.1) is 6.61 Å². The lowest BCUT2D eigenvalue weighted by Crippen LogP contribution is -2.41. The fourth-order valence-electron chi connectivity index (χ4n) is 1.17. The first-order valence-corrected chi connectivity index (χ1v) is 4.72. The van der Waals surface area contributed by atoms with Crippen LogP contribution in [-0.4, -0.2) is 18.4 Å². The van der Waals surface area contributed by atoms with Gasteiger partial charge in [-0.15, -0.1) is 6.58 Å². The Hall–Kier alpha value is -1.12. The molecule has 0 aliphatic rings. The highest BCUT2D eigenvalue weighted by atomic mass is 16.5. The number of allylic oxidation sites excluding steroid dienone is 1. The van der Waals surface area contributed by atoms with E-state index < -0.39 is 11.4 Å². The maximum absolute atomic E-state index is 11.6. The first-order valence-electron chi connectivity index (χ1n) is 4.72.